The topological polar surface area (TPSA) is 42.7 Å². The first kappa shape index (κ1) is 14.7. The molecule has 0 aliphatic rings. The van der Waals surface area contributed by atoms with Crippen LogP contribution >= 0.6 is 0 Å². The summed E-state index contributed by atoms with van der Waals surface area (Å²) in [6, 6.07) is 9.35. The van der Waals surface area contributed by atoms with Crippen LogP contribution < -0.4 is 5.32 Å². The first-order valence-electron chi connectivity index (χ1n) is 7.42. The van der Waals surface area contributed by atoms with Crippen LogP contribution in [0.5, 0.6) is 0 Å². The summed E-state index contributed by atoms with van der Waals surface area (Å²) in [7, 11) is 0. The summed E-state index contributed by atoms with van der Waals surface area (Å²) >= 11 is 0. The Balaban J connectivity index is 2.21. The maximum Gasteiger partial charge on any atom is 0.137 e. The molecule has 0 spiro atoms. The van der Waals surface area contributed by atoms with Crippen molar-refractivity contribution in [2.45, 2.75) is 45.7 Å². The van der Waals surface area contributed by atoms with Crippen molar-refractivity contribution in [1.29, 1.82) is 0 Å². The van der Waals surface area contributed by atoms with Gasteiger partial charge in [0.1, 0.15) is 12.7 Å². The first-order valence-corrected chi connectivity index (χ1v) is 7.42. The van der Waals surface area contributed by atoms with Gasteiger partial charge in [-0.3, -0.25) is 0 Å². The SMILES string of the molecule is CCCNC(c1ccc(CC)cc1)C(C)n1cncn1. The molecule has 4 heteroatoms. The van der Waals surface area contributed by atoms with Crippen LogP contribution in [0.25, 0.3) is 0 Å². The van der Waals surface area contributed by atoms with Crippen molar-refractivity contribution in [2.75, 3.05) is 6.54 Å². The molecule has 2 rings (SSSR count). The van der Waals surface area contributed by atoms with Crippen molar-refractivity contribution in [3.63, 3.8) is 0 Å². The molecule has 4 nitrogen and oxygen atoms in total. The lowest BCUT2D eigenvalue weighted by atomic mass is 9.98. The highest BCUT2D eigenvalue weighted by molar-refractivity contribution is 5.25. The standard InChI is InChI=1S/C16H24N4/c1-4-10-18-16(13(3)20-12-17-11-19-20)15-8-6-14(5-2)7-9-15/h6-9,11-13,16,18H,4-5,10H2,1-3H3. The van der Waals surface area contributed by atoms with E-state index >= 15 is 0 Å². The Hall–Kier alpha value is -1.68. The maximum absolute atomic E-state index is 4.27. The lowest BCUT2D eigenvalue weighted by molar-refractivity contribution is 0.353. The third-order valence-corrected chi connectivity index (χ3v) is 3.70. The molecule has 0 aliphatic heterocycles. The van der Waals surface area contributed by atoms with Crippen molar-refractivity contribution in [3.05, 3.63) is 48.0 Å². The zero-order valence-corrected chi connectivity index (χ0v) is 12.6. The zero-order chi connectivity index (χ0) is 14.4. The second-order valence-electron chi connectivity index (χ2n) is 5.14. The van der Waals surface area contributed by atoms with Gasteiger partial charge in [-0.25, -0.2) is 9.67 Å². The number of hydrogen-bond donors (Lipinski definition) is 1. The molecular formula is C16H24N4. The molecule has 0 saturated carbocycles. The molecule has 0 aliphatic carbocycles. The van der Waals surface area contributed by atoms with Gasteiger partial charge in [0.05, 0.1) is 12.1 Å². The van der Waals surface area contributed by atoms with E-state index in [1.807, 2.05) is 4.68 Å². The Morgan fingerprint density at radius 1 is 1.20 bits per heavy atom. The third kappa shape index (κ3) is 3.45. The molecule has 108 valence electrons. The second kappa shape index (κ2) is 7.20. The summed E-state index contributed by atoms with van der Waals surface area (Å²) < 4.78 is 1.92. The summed E-state index contributed by atoms with van der Waals surface area (Å²) in [6.07, 6.45) is 5.57. The molecule has 1 aromatic carbocycles. The van der Waals surface area contributed by atoms with Gasteiger partial charge in [0, 0.05) is 0 Å². The van der Waals surface area contributed by atoms with E-state index in [-0.39, 0.29) is 12.1 Å². The largest absolute Gasteiger partial charge is 0.308 e. The van der Waals surface area contributed by atoms with Crippen molar-refractivity contribution in [1.82, 2.24) is 20.1 Å². The van der Waals surface area contributed by atoms with Crippen molar-refractivity contribution < 1.29 is 0 Å². The number of aromatic nitrogens is 3. The lowest BCUT2D eigenvalue weighted by Crippen LogP contribution is -2.29. The number of nitrogens with one attached hydrogen (secondary N) is 1. The number of benzene rings is 1. The van der Waals surface area contributed by atoms with Crippen LogP contribution in [-0.2, 0) is 6.42 Å². The minimum atomic E-state index is 0.233. The highest BCUT2D eigenvalue weighted by Crippen LogP contribution is 2.25. The lowest BCUT2D eigenvalue weighted by Gasteiger charge is -2.26. The summed E-state index contributed by atoms with van der Waals surface area (Å²) in [6.45, 7) is 7.54. The van der Waals surface area contributed by atoms with Crippen molar-refractivity contribution >= 4 is 0 Å². The smallest absolute Gasteiger partial charge is 0.137 e. The van der Waals surface area contributed by atoms with Crippen LogP contribution in [0, 0.1) is 0 Å². The summed E-state index contributed by atoms with van der Waals surface area (Å²) in [5.74, 6) is 0. The Kier molecular flexibility index (Phi) is 5.30. The number of rotatable bonds is 7. The van der Waals surface area contributed by atoms with Gasteiger partial charge < -0.3 is 5.32 Å². The molecule has 0 radical (unpaired) electrons. The van der Waals surface area contributed by atoms with Gasteiger partial charge in [0.2, 0.25) is 0 Å². The van der Waals surface area contributed by atoms with E-state index in [1.165, 1.54) is 11.1 Å². The Morgan fingerprint density at radius 2 is 1.95 bits per heavy atom. The number of nitrogens with zero attached hydrogens (tertiary/aromatic N) is 3. The minimum Gasteiger partial charge on any atom is -0.308 e. The monoisotopic (exact) mass is 272 g/mol. The molecular weight excluding hydrogens is 248 g/mol. The van der Waals surface area contributed by atoms with Gasteiger partial charge >= 0.3 is 0 Å². The molecule has 1 N–H and O–H groups in total. The maximum atomic E-state index is 4.27. The first-order chi connectivity index (χ1) is 9.76. The summed E-state index contributed by atoms with van der Waals surface area (Å²) in [5, 5.41) is 7.89. The van der Waals surface area contributed by atoms with E-state index < -0.39 is 0 Å². The molecule has 1 heterocycles. The van der Waals surface area contributed by atoms with Crippen LogP contribution in [-0.4, -0.2) is 21.3 Å². The zero-order valence-electron chi connectivity index (χ0n) is 12.6. The summed E-state index contributed by atoms with van der Waals surface area (Å²) in [5.41, 5.74) is 2.68. The minimum absolute atomic E-state index is 0.233. The fraction of sp³-hybridized carbons (Fsp3) is 0.500. The van der Waals surface area contributed by atoms with Crippen LogP contribution in [0.3, 0.4) is 0 Å². The number of hydrogen-bond acceptors (Lipinski definition) is 3. The van der Waals surface area contributed by atoms with Gasteiger partial charge in [0.15, 0.2) is 0 Å². The van der Waals surface area contributed by atoms with E-state index in [1.54, 1.807) is 12.7 Å². The Labute approximate surface area is 121 Å². The Morgan fingerprint density at radius 3 is 2.50 bits per heavy atom. The molecule has 0 bridgehead atoms. The fourth-order valence-corrected chi connectivity index (χ4v) is 2.41. The molecule has 2 atom stereocenters. The third-order valence-electron chi connectivity index (χ3n) is 3.70. The molecule has 20 heavy (non-hydrogen) atoms. The van der Waals surface area contributed by atoms with Crippen molar-refractivity contribution in [2.24, 2.45) is 0 Å². The second-order valence-corrected chi connectivity index (χ2v) is 5.14. The Bertz CT molecular complexity index is 490. The molecule has 2 aromatic rings. The highest BCUT2D eigenvalue weighted by Gasteiger charge is 2.20. The van der Waals surface area contributed by atoms with Crippen molar-refractivity contribution in [3.8, 4) is 0 Å². The normalized spacial score (nSPS) is 14.2. The van der Waals surface area contributed by atoms with Crippen LogP contribution in [0.2, 0.25) is 0 Å². The quantitative estimate of drug-likeness (QED) is 0.842. The fourth-order valence-electron chi connectivity index (χ4n) is 2.41. The molecule has 0 amide bonds. The van der Waals surface area contributed by atoms with Gasteiger partial charge in [-0.05, 0) is 37.4 Å². The van der Waals surface area contributed by atoms with Crippen LogP contribution in [0.15, 0.2) is 36.9 Å². The molecule has 1 aromatic heterocycles. The average molecular weight is 272 g/mol. The van der Waals surface area contributed by atoms with E-state index in [0.29, 0.717) is 0 Å². The van der Waals surface area contributed by atoms with Crippen LogP contribution in [0.1, 0.15) is 50.4 Å². The summed E-state index contributed by atoms with van der Waals surface area (Å²) in [4.78, 5) is 4.05. The van der Waals surface area contributed by atoms with Gasteiger partial charge in [-0.1, -0.05) is 38.1 Å². The highest BCUT2D eigenvalue weighted by atomic mass is 15.3. The van der Waals surface area contributed by atoms with Gasteiger partial charge in [0.25, 0.3) is 0 Å². The molecule has 0 fully saturated rings. The predicted molar refractivity (Wildman–Crippen MR) is 81.6 cm³/mol. The average Bonchev–Trinajstić information content (AvgIpc) is 3.02. The molecule has 0 saturated heterocycles. The number of aryl methyl sites for hydroxylation is 1. The molecule has 2 unspecified atom stereocenters. The van der Waals surface area contributed by atoms with E-state index in [2.05, 4.69) is 60.4 Å². The van der Waals surface area contributed by atoms with Gasteiger partial charge in [-0.15, -0.1) is 0 Å². The van der Waals surface area contributed by atoms with E-state index in [0.717, 1.165) is 19.4 Å². The predicted octanol–water partition coefficient (Wildman–Crippen LogP) is 3.14. The van der Waals surface area contributed by atoms with E-state index in [4.69, 9.17) is 0 Å². The van der Waals surface area contributed by atoms with Gasteiger partial charge in [-0.2, -0.15) is 5.10 Å². The van der Waals surface area contributed by atoms with E-state index in [9.17, 15) is 0 Å². The van der Waals surface area contributed by atoms with Crippen LogP contribution in [0.4, 0.5) is 0 Å².